The third-order valence-corrected chi connectivity index (χ3v) is 8.58. The van der Waals surface area contributed by atoms with Crippen LogP contribution in [0.3, 0.4) is 0 Å². The topological polar surface area (TPSA) is 129 Å². The van der Waals surface area contributed by atoms with Gasteiger partial charge in [0.1, 0.15) is 11.3 Å². The molecule has 2 aromatic rings. The zero-order valence-corrected chi connectivity index (χ0v) is 26.8. The summed E-state index contributed by atoms with van der Waals surface area (Å²) in [6.45, 7) is 15.7. The zero-order chi connectivity index (χ0) is 31.4. The first kappa shape index (κ1) is 31.8. The SMILES string of the molecule is CCc1nc(C(N)=O)c(Nc2ccc(N3CCC(N4CCN(C)CC4)CC3)cc2)nc1OCC1CN(C(=O)OC(C)(C)C)C1. The van der Waals surface area contributed by atoms with Gasteiger partial charge in [-0.25, -0.2) is 9.78 Å². The van der Waals surface area contributed by atoms with Crippen LogP contribution in [0.15, 0.2) is 24.3 Å². The number of aryl methyl sites for hydroxylation is 1. The summed E-state index contributed by atoms with van der Waals surface area (Å²) in [5.41, 5.74) is 7.75. The lowest BCUT2D eigenvalue weighted by Gasteiger charge is -2.42. The normalized spacial score (nSPS) is 19.0. The Balaban J connectivity index is 1.18. The third-order valence-electron chi connectivity index (χ3n) is 8.58. The molecule has 3 fully saturated rings. The van der Waals surface area contributed by atoms with E-state index in [9.17, 15) is 9.59 Å². The van der Waals surface area contributed by atoms with Crippen molar-refractivity contribution in [2.45, 2.75) is 58.6 Å². The van der Waals surface area contributed by atoms with Crippen LogP contribution in [0.25, 0.3) is 0 Å². The Kier molecular flexibility index (Phi) is 9.79. The lowest BCUT2D eigenvalue weighted by atomic mass is 10.0. The number of ether oxygens (including phenoxy) is 2. The minimum atomic E-state index is -0.659. The summed E-state index contributed by atoms with van der Waals surface area (Å²) in [6.07, 6.45) is 2.56. The number of nitrogens with one attached hydrogen (secondary N) is 1. The predicted octanol–water partition coefficient (Wildman–Crippen LogP) is 3.34. The number of nitrogens with two attached hydrogens (primary N) is 1. The highest BCUT2D eigenvalue weighted by Crippen LogP contribution is 2.28. The molecule has 240 valence electrons. The fourth-order valence-corrected chi connectivity index (χ4v) is 5.98. The number of hydrogen-bond acceptors (Lipinski definition) is 10. The Morgan fingerprint density at radius 1 is 1.00 bits per heavy atom. The lowest BCUT2D eigenvalue weighted by Crippen LogP contribution is -2.53. The molecule has 3 N–H and O–H groups in total. The van der Waals surface area contributed by atoms with E-state index in [1.54, 1.807) is 4.90 Å². The quantitative estimate of drug-likeness (QED) is 0.437. The minimum Gasteiger partial charge on any atom is -0.476 e. The van der Waals surface area contributed by atoms with Crippen LogP contribution in [-0.2, 0) is 11.2 Å². The number of likely N-dealkylation sites (tertiary alicyclic amines) is 1. The van der Waals surface area contributed by atoms with Crippen LogP contribution in [0, 0.1) is 5.92 Å². The molecule has 0 saturated carbocycles. The molecule has 5 rings (SSSR count). The van der Waals surface area contributed by atoms with Crippen molar-refractivity contribution in [2.24, 2.45) is 11.7 Å². The first-order chi connectivity index (χ1) is 21.0. The molecule has 2 amide bonds. The first-order valence-electron chi connectivity index (χ1n) is 15.8. The maximum atomic E-state index is 12.3. The molecule has 0 atom stereocenters. The molecule has 44 heavy (non-hydrogen) atoms. The van der Waals surface area contributed by atoms with Crippen molar-refractivity contribution in [1.82, 2.24) is 24.7 Å². The summed E-state index contributed by atoms with van der Waals surface area (Å²) in [5.74, 6) is 0.110. The average Bonchev–Trinajstić information content (AvgIpc) is 2.96. The summed E-state index contributed by atoms with van der Waals surface area (Å²) in [4.78, 5) is 42.9. The third kappa shape index (κ3) is 7.89. The average molecular weight is 609 g/mol. The van der Waals surface area contributed by atoms with E-state index in [-0.39, 0.29) is 23.5 Å². The molecule has 0 unspecified atom stereocenters. The number of amides is 2. The highest BCUT2D eigenvalue weighted by molar-refractivity contribution is 5.96. The molecule has 0 bridgehead atoms. The van der Waals surface area contributed by atoms with Gasteiger partial charge < -0.3 is 35.2 Å². The smallest absolute Gasteiger partial charge is 0.410 e. The maximum absolute atomic E-state index is 12.3. The predicted molar refractivity (Wildman–Crippen MR) is 171 cm³/mol. The van der Waals surface area contributed by atoms with Gasteiger partial charge in [0.15, 0.2) is 11.5 Å². The maximum Gasteiger partial charge on any atom is 0.410 e. The molecule has 0 spiro atoms. The second-order valence-electron chi connectivity index (χ2n) is 13.2. The molecule has 3 aliphatic heterocycles. The largest absolute Gasteiger partial charge is 0.476 e. The molecule has 1 aromatic heterocycles. The van der Waals surface area contributed by atoms with E-state index in [4.69, 9.17) is 15.2 Å². The molecule has 1 aromatic carbocycles. The number of primary amides is 1. The van der Waals surface area contributed by atoms with E-state index in [1.807, 2.05) is 39.8 Å². The van der Waals surface area contributed by atoms with Crippen molar-refractivity contribution in [1.29, 1.82) is 0 Å². The van der Waals surface area contributed by atoms with Gasteiger partial charge in [-0.1, -0.05) is 6.92 Å². The Labute approximate surface area is 260 Å². The van der Waals surface area contributed by atoms with E-state index < -0.39 is 11.5 Å². The Hall–Kier alpha value is -3.64. The van der Waals surface area contributed by atoms with Crippen LogP contribution < -0.4 is 20.7 Å². The number of anilines is 3. The Bertz CT molecular complexity index is 1290. The molecule has 3 saturated heterocycles. The lowest BCUT2D eigenvalue weighted by molar-refractivity contribution is -0.00816. The van der Waals surface area contributed by atoms with Gasteiger partial charge in [0, 0.05) is 75.7 Å². The molecule has 3 aliphatic rings. The second-order valence-corrected chi connectivity index (χ2v) is 13.2. The van der Waals surface area contributed by atoms with Crippen molar-refractivity contribution < 1.29 is 19.1 Å². The number of rotatable bonds is 9. The van der Waals surface area contributed by atoms with Crippen molar-refractivity contribution >= 4 is 29.2 Å². The molecule has 0 radical (unpaired) electrons. The number of piperidine rings is 1. The fraction of sp³-hybridized carbons (Fsp3) is 0.625. The number of likely N-dealkylation sites (N-methyl/N-ethyl adjacent to an activating group) is 1. The van der Waals surface area contributed by atoms with Gasteiger partial charge in [-0.3, -0.25) is 9.69 Å². The number of nitrogens with zero attached hydrogens (tertiary/aromatic N) is 6. The van der Waals surface area contributed by atoms with Crippen molar-refractivity contribution in [2.75, 3.05) is 76.2 Å². The number of piperazine rings is 1. The summed E-state index contributed by atoms with van der Waals surface area (Å²) < 4.78 is 11.5. The van der Waals surface area contributed by atoms with Gasteiger partial charge in [-0.2, -0.15) is 4.98 Å². The summed E-state index contributed by atoms with van der Waals surface area (Å²) in [7, 11) is 2.20. The van der Waals surface area contributed by atoms with Gasteiger partial charge in [0.25, 0.3) is 5.91 Å². The monoisotopic (exact) mass is 608 g/mol. The van der Waals surface area contributed by atoms with Gasteiger partial charge in [0.2, 0.25) is 5.88 Å². The molecule has 4 heterocycles. The summed E-state index contributed by atoms with van der Waals surface area (Å²) in [6, 6.07) is 8.84. The Morgan fingerprint density at radius 3 is 2.25 bits per heavy atom. The first-order valence-corrected chi connectivity index (χ1v) is 15.8. The van der Waals surface area contributed by atoms with Crippen molar-refractivity contribution in [3.05, 3.63) is 35.7 Å². The number of benzene rings is 1. The van der Waals surface area contributed by atoms with Gasteiger partial charge in [0.05, 0.1) is 6.61 Å². The molecule has 12 nitrogen and oxygen atoms in total. The van der Waals surface area contributed by atoms with E-state index in [2.05, 4.69) is 49.2 Å². The van der Waals surface area contributed by atoms with Crippen molar-refractivity contribution in [3.63, 3.8) is 0 Å². The Morgan fingerprint density at radius 2 is 1.66 bits per heavy atom. The van der Waals surface area contributed by atoms with E-state index in [0.717, 1.165) is 45.0 Å². The number of carbonyl (C=O) groups is 2. The van der Waals surface area contributed by atoms with Crippen LogP contribution in [0.1, 0.15) is 56.7 Å². The van der Waals surface area contributed by atoms with Gasteiger partial charge in [-0.05, 0) is 71.3 Å². The highest BCUT2D eigenvalue weighted by Gasteiger charge is 2.34. The van der Waals surface area contributed by atoms with Gasteiger partial charge in [-0.15, -0.1) is 0 Å². The van der Waals surface area contributed by atoms with Crippen LogP contribution in [-0.4, -0.2) is 114 Å². The minimum absolute atomic E-state index is 0.0731. The van der Waals surface area contributed by atoms with Crippen LogP contribution in [0.4, 0.5) is 22.0 Å². The summed E-state index contributed by atoms with van der Waals surface area (Å²) in [5, 5.41) is 3.24. The molecule has 12 heteroatoms. The van der Waals surface area contributed by atoms with Crippen LogP contribution in [0.2, 0.25) is 0 Å². The number of hydrogen-bond donors (Lipinski definition) is 2. The zero-order valence-electron chi connectivity index (χ0n) is 26.8. The molecule has 0 aliphatic carbocycles. The highest BCUT2D eigenvalue weighted by atomic mass is 16.6. The van der Waals surface area contributed by atoms with Crippen LogP contribution >= 0.6 is 0 Å². The fourth-order valence-electron chi connectivity index (χ4n) is 5.98. The van der Waals surface area contributed by atoms with E-state index >= 15 is 0 Å². The summed E-state index contributed by atoms with van der Waals surface area (Å²) >= 11 is 0. The van der Waals surface area contributed by atoms with Crippen LogP contribution in [0.5, 0.6) is 5.88 Å². The van der Waals surface area contributed by atoms with E-state index in [1.165, 1.54) is 18.5 Å². The van der Waals surface area contributed by atoms with Gasteiger partial charge >= 0.3 is 6.09 Å². The van der Waals surface area contributed by atoms with Crippen molar-refractivity contribution in [3.8, 4) is 5.88 Å². The number of aromatic nitrogens is 2. The molecular weight excluding hydrogens is 560 g/mol. The number of carbonyl (C=O) groups excluding carboxylic acids is 2. The van der Waals surface area contributed by atoms with E-state index in [0.29, 0.717) is 43.7 Å². The second kappa shape index (κ2) is 13.6. The standard InChI is InChI=1S/C32H48N8O4/c1-6-26-30(43-21-22-19-40(20-22)31(42)44-32(2,3)4)36-29(27(35-26)28(33)41)34-23-7-9-24(10-8-23)38-13-11-25(12-14-38)39-17-15-37(5)16-18-39/h7-10,22,25H,6,11-21H2,1-5H3,(H2,33,41)(H,34,36). The molecular formula is C32H48N8O4.